The van der Waals surface area contributed by atoms with Crippen molar-refractivity contribution in [2.45, 2.75) is 39.2 Å². The number of ether oxygens (including phenoxy) is 1. The average molecular weight is 519 g/mol. The highest BCUT2D eigenvalue weighted by Gasteiger charge is 2.38. The third-order valence-electron chi connectivity index (χ3n) is 4.68. The van der Waals surface area contributed by atoms with Gasteiger partial charge in [0.05, 0.1) is 16.1 Å². The molecule has 0 aliphatic rings. The van der Waals surface area contributed by atoms with Crippen LogP contribution in [0.4, 0.5) is 17.6 Å². The Kier molecular flexibility index (Phi) is 11.1. The Morgan fingerprint density at radius 2 is 1.94 bits per heavy atom. The Morgan fingerprint density at radius 3 is 2.43 bits per heavy atom. The first kappa shape index (κ1) is 29.9. The normalized spacial score (nSPS) is 14.7. The van der Waals surface area contributed by atoms with E-state index in [1.807, 2.05) is 0 Å². The monoisotopic (exact) mass is 518 g/mol. The molecule has 1 N–H and O–H groups in total. The molecule has 0 saturated carbocycles. The van der Waals surface area contributed by atoms with E-state index in [2.05, 4.69) is 28.9 Å². The standard InChI is InChI=1S/C23H27ClF4N4O3/c1-13(25)11-17(15(3)35-31-16(4)29-5)20(34-7)12-14(2)32(30-6)22(33)21-18(23(26,27)28)9-8-10-19(21)24/h8-12,15,20H,1,6H2,2-5,7H3,(H,29,31)/b14-12+,17-11-/t15-,20?/m0/s1. The van der Waals surface area contributed by atoms with Crippen molar-refractivity contribution in [2.75, 3.05) is 14.2 Å². The van der Waals surface area contributed by atoms with Crippen LogP contribution in [0.15, 0.2) is 64.3 Å². The second kappa shape index (κ2) is 13.1. The number of hydrogen-bond acceptors (Lipinski definition) is 5. The summed E-state index contributed by atoms with van der Waals surface area (Å²) in [5.74, 6) is -1.53. The summed E-state index contributed by atoms with van der Waals surface area (Å²) in [4.78, 5) is 18.4. The molecule has 1 amide bonds. The quantitative estimate of drug-likeness (QED) is 0.142. The number of benzene rings is 1. The number of amidine groups is 1. The van der Waals surface area contributed by atoms with E-state index in [1.165, 1.54) is 20.1 Å². The van der Waals surface area contributed by atoms with Gasteiger partial charge in [-0.3, -0.25) is 4.79 Å². The van der Waals surface area contributed by atoms with E-state index in [4.69, 9.17) is 21.2 Å². The van der Waals surface area contributed by atoms with Crippen molar-refractivity contribution in [3.8, 4) is 0 Å². The summed E-state index contributed by atoms with van der Waals surface area (Å²) in [6, 6.07) is 2.97. The number of hydrazone groups is 1. The lowest BCUT2D eigenvalue weighted by Crippen LogP contribution is -2.29. The third kappa shape index (κ3) is 8.22. The second-order valence-corrected chi connectivity index (χ2v) is 7.56. The Balaban J connectivity index is 3.47. The van der Waals surface area contributed by atoms with Gasteiger partial charge >= 0.3 is 6.18 Å². The summed E-state index contributed by atoms with van der Waals surface area (Å²) < 4.78 is 59.6. The summed E-state index contributed by atoms with van der Waals surface area (Å²) in [5.41, 5.74) is -1.77. The molecule has 0 radical (unpaired) electrons. The lowest BCUT2D eigenvalue weighted by Gasteiger charge is -2.24. The van der Waals surface area contributed by atoms with Crippen LogP contribution >= 0.6 is 11.6 Å². The number of carbonyl (C=O) groups excluding carboxylic acids is 1. The SMILES string of the molecule is C=NN(C(=O)c1c(Cl)cccc1C(F)(F)F)/C(C)=C/C(OC)/C(=C\C(=C)F)[C@H](C)O/N=C(/C)NC. The van der Waals surface area contributed by atoms with E-state index < -0.39 is 46.3 Å². The van der Waals surface area contributed by atoms with Gasteiger partial charge in [-0.2, -0.15) is 18.3 Å². The average Bonchev–Trinajstić information content (AvgIpc) is 2.78. The summed E-state index contributed by atoms with van der Waals surface area (Å²) in [6.45, 7) is 11.1. The molecular weight excluding hydrogens is 492 g/mol. The predicted molar refractivity (Wildman–Crippen MR) is 128 cm³/mol. The van der Waals surface area contributed by atoms with Gasteiger partial charge in [0.25, 0.3) is 5.91 Å². The fraction of sp³-hybridized carbons (Fsp3) is 0.348. The van der Waals surface area contributed by atoms with Gasteiger partial charge in [-0.1, -0.05) is 29.4 Å². The van der Waals surface area contributed by atoms with Gasteiger partial charge in [0.1, 0.15) is 23.9 Å². The molecule has 0 saturated heterocycles. The van der Waals surface area contributed by atoms with Crippen LogP contribution in [0.2, 0.25) is 5.02 Å². The topological polar surface area (TPSA) is 75.5 Å². The number of alkyl halides is 3. The van der Waals surface area contributed by atoms with Crippen molar-refractivity contribution in [3.63, 3.8) is 0 Å². The van der Waals surface area contributed by atoms with Crippen molar-refractivity contribution in [1.82, 2.24) is 10.3 Å². The van der Waals surface area contributed by atoms with Crippen LogP contribution in [0.3, 0.4) is 0 Å². The van der Waals surface area contributed by atoms with Crippen LogP contribution in [-0.4, -0.2) is 49.8 Å². The highest BCUT2D eigenvalue weighted by molar-refractivity contribution is 6.34. The molecule has 7 nitrogen and oxygen atoms in total. The molecule has 1 aromatic rings. The lowest BCUT2D eigenvalue weighted by atomic mass is 10.0. The van der Waals surface area contributed by atoms with Gasteiger partial charge in [0.15, 0.2) is 0 Å². The molecule has 35 heavy (non-hydrogen) atoms. The minimum absolute atomic E-state index is 0.0300. The van der Waals surface area contributed by atoms with Gasteiger partial charge in [0.2, 0.25) is 0 Å². The van der Waals surface area contributed by atoms with Gasteiger partial charge in [-0.15, -0.1) is 0 Å². The van der Waals surface area contributed by atoms with Gasteiger partial charge in [-0.05, 0) is 45.1 Å². The Labute approximate surface area is 206 Å². The van der Waals surface area contributed by atoms with Crippen molar-refractivity contribution in [2.24, 2.45) is 10.3 Å². The van der Waals surface area contributed by atoms with Crippen LogP contribution in [0, 0.1) is 0 Å². The number of carbonyl (C=O) groups is 1. The molecule has 2 atom stereocenters. The first-order valence-corrected chi connectivity index (χ1v) is 10.5. The maximum Gasteiger partial charge on any atom is 0.417 e. The summed E-state index contributed by atoms with van der Waals surface area (Å²) in [5, 5.41) is 10.4. The number of nitrogens with zero attached hydrogens (tertiary/aromatic N) is 3. The second-order valence-electron chi connectivity index (χ2n) is 7.15. The smallest absolute Gasteiger partial charge is 0.387 e. The Hall–Kier alpha value is -3.18. The highest BCUT2D eigenvalue weighted by Crippen LogP contribution is 2.36. The van der Waals surface area contributed by atoms with Crippen LogP contribution in [-0.2, 0) is 15.8 Å². The molecule has 0 heterocycles. The van der Waals surface area contributed by atoms with Crippen LogP contribution in [0.5, 0.6) is 0 Å². The molecule has 0 bridgehead atoms. The summed E-state index contributed by atoms with van der Waals surface area (Å²) in [6.07, 6.45) is -4.27. The van der Waals surface area contributed by atoms with E-state index in [0.717, 1.165) is 24.3 Å². The molecule has 192 valence electrons. The number of allylic oxidation sites excluding steroid dienone is 3. The Bertz CT molecular complexity index is 1040. The Morgan fingerprint density at radius 1 is 1.31 bits per heavy atom. The highest BCUT2D eigenvalue weighted by atomic mass is 35.5. The van der Waals surface area contributed by atoms with Gasteiger partial charge in [0, 0.05) is 32.1 Å². The molecule has 0 aromatic heterocycles. The van der Waals surface area contributed by atoms with Gasteiger partial charge in [-0.25, -0.2) is 9.40 Å². The first-order valence-electron chi connectivity index (χ1n) is 10.1. The maximum absolute atomic E-state index is 13.7. The maximum atomic E-state index is 13.7. The molecule has 0 aliphatic carbocycles. The molecule has 1 unspecified atom stereocenters. The lowest BCUT2D eigenvalue weighted by molar-refractivity contribution is -0.138. The van der Waals surface area contributed by atoms with E-state index in [1.54, 1.807) is 20.9 Å². The zero-order chi connectivity index (χ0) is 26.9. The van der Waals surface area contributed by atoms with Crippen molar-refractivity contribution < 1.29 is 31.9 Å². The molecule has 12 heteroatoms. The molecule has 0 spiro atoms. The van der Waals surface area contributed by atoms with Crippen molar-refractivity contribution in [1.29, 1.82) is 0 Å². The number of hydrogen-bond donors (Lipinski definition) is 1. The summed E-state index contributed by atoms with van der Waals surface area (Å²) in [7, 11) is 2.94. The zero-order valence-electron chi connectivity index (χ0n) is 19.9. The van der Waals surface area contributed by atoms with Crippen LogP contribution in [0.1, 0.15) is 36.7 Å². The van der Waals surface area contributed by atoms with Crippen molar-refractivity contribution in [3.05, 3.63) is 70.2 Å². The molecular formula is C23H27ClF4N4O3. The third-order valence-corrected chi connectivity index (χ3v) is 4.99. The van der Waals surface area contributed by atoms with E-state index in [0.29, 0.717) is 10.8 Å². The minimum atomic E-state index is -4.84. The van der Waals surface area contributed by atoms with Gasteiger partial charge < -0.3 is 14.9 Å². The number of amides is 1. The zero-order valence-corrected chi connectivity index (χ0v) is 20.7. The summed E-state index contributed by atoms with van der Waals surface area (Å²) >= 11 is 5.94. The number of methoxy groups -OCH3 is 1. The molecule has 0 fully saturated rings. The van der Waals surface area contributed by atoms with Crippen LogP contribution in [0.25, 0.3) is 0 Å². The number of halogens is 5. The van der Waals surface area contributed by atoms with Crippen molar-refractivity contribution >= 4 is 30.1 Å². The molecule has 1 aromatic carbocycles. The molecule has 1 rings (SSSR count). The number of nitrogens with one attached hydrogen (secondary N) is 1. The first-order chi connectivity index (χ1) is 16.3. The fourth-order valence-electron chi connectivity index (χ4n) is 2.89. The van der Waals surface area contributed by atoms with E-state index in [9.17, 15) is 22.4 Å². The largest absolute Gasteiger partial charge is 0.417 e. The van der Waals surface area contributed by atoms with E-state index >= 15 is 0 Å². The van der Waals surface area contributed by atoms with Crippen LogP contribution < -0.4 is 5.32 Å². The predicted octanol–water partition coefficient (Wildman–Crippen LogP) is 5.70. The van der Waals surface area contributed by atoms with E-state index in [-0.39, 0.29) is 11.3 Å². The number of oxime groups is 1. The fourth-order valence-corrected chi connectivity index (χ4v) is 3.14. The minimum Gasteiger partial charge on any atom is -0.387 e. The molecule has 0 aliphatic heterocycles. The number of rotatable bonds is 10.